The second kappa shape index (κ2) is 7.75. The third-order valence-electron chi connectivity index (χ3n) is 5.05. The molecule has 5 nitrogen and oxygen atoms in total. The summed E-state index contributed by atoms with van der Waals surface area (Å²) in [5.74, 6) is 0.806. The molecule has 2 amide bonds. The van der Waals surface area contributed by atoms with Gasteiger partial charge in [-0.3, -0.25) is 4.79 Å². The van der Waals surface area contributed by atoms with Crippen LogP contribution in [0.4, 0.5) is 4.79 Å². The van der Waals surface area contributed by atoms with Gasteiger partial charge in [-0.25, -0.2) is 4.79 Å². The summed E-state index contributed by atoms with van der Waals surface area (Å²) in [5, 5.41) is 0. The van der Waals surface area contributed by atoms with Gasteiger partial charge in [0.2, 0.25) is 5.91 Å². The molecular weight excluding hydrogens is 304 g/mol. The number of ether oxygens (including phenoxy) is 1. The van der Waals surface area contributed by atoms with Crippen LogP contribution in [0.3, 0.4) is 0 Å². The molecule has 2 aliphatic rings. The van der Waals surface area contributed by atoms with Gasteiger partial charge in [0.1, 0.15) is 5.60 Å². The first-order chi connectivity index (χ1) is 11.2. The van der Waals surface area contributed by atoms with E-state index in [2.05, 4.69) is 0 Å². The predicted molar refractivity (Wildman–Crippen MR) is 94.8 cm³/mol. The highest BCUT2D eigenvalue weighted by molar-refractivity contribution is 5.78. The minimum Gasteiger partial charge on any atom is -0.444 e. The summed E-state index contributed by atoms with van der Waals surface area (Å²) < 4.78 is 5.47. The molecule has 1 aliphatic heterocycles. The van der Waals surface area contributed by atoms with Crippen LogP contribution < -0.4 is 0 Å². The lowest BCUT2D eigenvalue weighted by Gasteiger charge is -2.45. The highest BCUT2D eigenvalue weighted by Crippen LogP contribution is 2.28. The quantitative estimate of drug-likeness (QED) is 0.769. The van der Waals surface area contributed by atoms with Crippen molar-refractivity contribution in [1.29, 1.82) is 0 Å². The zero-order valence-corrected chi connectivity index (χ0v) is 16.0. The lowest BCUT2D eigenvalue weighted by Crippen LogP contribution is -2.60. The van der Waals surface area contributed by atoms with E-state index in [-0.39, 0.29) is 24.1 Å². The molecule has 24 heavy (non-hydrogen) atoms. The summed E-state index contributed by atoms with van der Waals surface area (Å²) in [5.41, 5.74) is -0.489. The number of rotatable bonds is 2. The first-order valence-electron chi connectivity index (χ1n) is 9.46. The molecule has 1 aliphatic carbocycles. The highest BCUT2D eigenvalue weighted by atomic mass is 16.6. The monoisotopic (exact) mass is 338 g/mol. The van der Waals surface area contributed by atoms with Crippen molar-refractivity contribution in [2.24, 2.45) is 5.92 Å². The Morgan fingerprint density at radius 1 is 1.00 bits per heavy atom. The van der Waals surface area contributed by atoms with Crippen molar-refractivity contribution in [3.63, 3.8) is 0 Å². The van der Waals surface area contributed by atoms with Crippen LogP contribution >= 0.6 is 0 Å². The molecule has 0 aromatic carbocycles. The Morgan fingerprint density at radius 3 is 2.04 bits per heavy atom. The number of hydrogen-bond donors (Lipinski definition) is 0. The second-order valence-corrected chi connectivity index (χ2v) is 8.59. The maximum atomic E-state index is 12.8. The van der Waals surface area contributed by atoms with Gasteiger partial charge in [-0.15, -0.1) is 0 Å². The minimum absolute atomic E-state index is 0.0392. The van der Waals surface area contributed by atoms with E-state index in [1.807, 2.05) is 39.5 Å². The van der Waals surface area contributed by atoms with Crippen molar-refractivity contribution in [3.05, 3.63) is 0 Å². The van der Waals surface area contributed by atoms with Gasteiger partial charge in [0.05, 0.1) is 0 Å². The molecule has 0 N–H and O–H groups in total. The molecule has 138 valence electrons. The Kier molecular flexibility index (Phi) is 6.16. The van der Waals surface area contributed by atoms with E-state index < -0.39 is 5.60 Å². The van der Waals surface area contributed by atoms with Crippen molar-refractivity contribution >= 4 is 12.0 Å². The first-order valence-corrected chi connectivity index (χ1v) is 9.46. The zero-order valence-electron chi connectivity index (χ0n) is 16.0. The fraction of sp³-hybridized carbons (Fsp3) is 0.895. The molecule has 5 heteroatoms. The normalized spacial score (nSPS) is 26.4. The number of hydrogen-bond acceptors (Lipinski definition) is 3. The van der Waals surface area contributed by atoms with Crippen LogP contribution in [-0.4, -0.2) is 52.6 Å². The smallest absolute Gasteiger partial charge is 0.410 e. The number of piperazine rings is 1. The minimum atomic E-state index is -0.489. The maximum absolute atomic E-state index is 12.8. The summed E-state index contributed by atoms with van der Waals surface area (Å²) in [6, 6.07) is 0.0784. The van der Waals surface area contributed by atoms with Gasteiger partial charge in [-0.2, -0.15) is 0 Å². The van der Waals surface area contributed by atoms with Crippen LogP contribution in [0.25, 0.3) is 0 Å². The van der Waals surface area contributed by atoms with Crippen LogP contribution in [0.15, 0.2) is 0 Å². The fourth-order valence-electron chi connectivity index (χ4n) is 4.03. The summed E-state index contributed by atoms with van der Waals surface area (Å²) in [4.78, 5) is 28.8. The Labute approximate surface area is 146 Å². The summed E-state index contributed by atoms with van der Waals surface area (Å²) >= 11 is 0. The zero-order chi connectivity index (χ0) is 17.9. The molecule has 1 heterocycles. The largest absolute Gasteiger partial charge is 0.444 e. The van der Waals surface area contributed by atoms with Gasteiger partial charge in [0.15, 0.2) is 0 Å². The van der Waals surface area contributed by atoms with Crippen molar-refractivity contribution < 1.29 is 14.3 Å². The Hall–Kier alpha value is -1.26. The van der Waals surface area contributed by atoms with Crippen LogP contribution in [0.1, 0.15) is 73.1 Å². The SMILES string of the molecule is C[C@@H]1CN(C(=O)OC(C)(C)C)C[C@@H](C)N1C(=O)CC1CCCCC1. The van der Waals surface area contributed by atoms with E-state index in [0.717, 1.165) is 0 Å². The van der Waals surface area contributed by atoms with E-state index >= 15 is 0 Å². The molecule has 0 bridgehead atoms. The third-order valence-corrected chi connectivity index (χ3v) is 5.05. The maximum Gasteiger partial charge on any atom is 0.410 e. The number of amides is 2. The van der Waals surface area contributed by atoms with Crippen molar-refractivity contribution in [2.75, 3.05) is 13.1 Å². The van der Waals surface area contributed by atoms with Gasteiger partial charge < -0.3 is 14.5 Å². The van der Waals surface area contributed by atoms with Crippen molar-refractivity contribution in [3.8, 4) is 0 Å². The summed E-state index contributed by atoms with van der Waals surface area (Å²) in [6.45, 7) is 10.8. The van der Waals surface area contributed by atoms with Crippen molar-refractivity contribution in [2.45, 2.75) is 90.8 Å². The molecule has 0 unspecified atom stereocenters. The Balaban J connectivity index is 1.92. The van der Waals surface area contributed by atoms with E-state index in [4.69, 9.17) is 4.74 Å². The Bertz CT molecular complexity index is 440. The fourth-order valence-corrected chi connectivity index (χ4v) is 4.03. The van der Waals surface area contributed by atoms with Gasteiger partial charge in [0, 0.05) is 31.6 Å². The average Bonchev–Trinajstić information content (AvgIpc) is 2.45. The molecule has 0 aromatic heterocycles. The molecule has 0 spiro atoms. The van der Waals surface area contributed by atoms with Gasteiger partial charge in [-0.1, -0.05) is 19.3 Å². The van der Waals surface area contributed by atoms with Gasteiger partial charge >= 0.3 is 6.09 Å². The van der Waals surface area contributed by atoms with E-state index in [9.17, 15) is 9.59 Å². The van der Waals surface area contributed by atoms with E-state index in [1.54, 1.807) is 4.90 Å². The van der Waals surface area contributed by atoms with Crippen LogP contribution in [0.2, 0.25) is 0 Å². The van der Waals surface area contributed by atoms with E-state index in [0.29, 0.717) is 25.4 Å². The molecule has 1 saturated carbocycles. The summed E-state index contributed by atoms with van der Waals surface area (Å²) in [6.07, 6.45) is 6.59. The molecule has 2 fully saturated rings. The topological polar surface area (TPSA) is 49.9 Å². The lowest BCUT2D eigenvalue weighted by molar-refractivity contribution is -0.140. The first kappa shape index (κ1) is 19.1. The molecular formula is C19H34N2O3. The number of carbonyl (C=O) groups is 2. The summed E-state index contributed by atoms with van der Waals surface area (Å²) in [7, 11) is 0. The second-order valence-electron chi connectivity index (χ2n) is 8.59. The van der Waals surface area contributed by atoms with Gasteiger partial charge in [-0.05, 0) is 53.4 Å². The number of carbonyl (C=O) groups excluding carboxylic acids is 2. The van der Waals surface area contributed by atoms with Crippen molar-refractivity contribution in [1.82, 2.24) is 9.80 Å². The molecule has 1 saturated heterocycles. The van der Waals surface area contributed by atoms with E-state index in [1.165, 1.54) is 32.1 Å². The highest BCUT2D eigenvalue weighted by Gasteiger charge is 2.36. The van der Waals surface area contributed by atoms with Crippen LogP contribution in [0.5, 0.6) is 0 Å². The molecule has 0 radical (unpaired) electrons. The predicted octanol–water partition coefficient (Wildman–Crippen LogP) is 3.81. The Morgan fingerprint density at radius 2 is 1.54 bits per heavy atom. The molecule has 2 rings (SSSR count). The molecule has 2 atom stereocenters. The molecule has 0 aromatic rings. The van der Waals surface area contributed by atoms with Crippen LogP contribution in [-0.2, 0) is 9.53 Å². The average molecular weight is 338 g/mol. The van der Waals surface area contributed by atoms with Crippen LogP contribution in [0, 0.1) is 5.92 Å². The lowest BCUT2D eigenvalue weighted by atomic mass is 9.86. The standard InChI is InChI=1S/C19H34N2O3/c1-14-12-20(18(23)24-19(3,4)5)13-15(2)21(14)17(22)11-16-9-7-6-8-10-16/h14-16H,6-13H2,1-5H3/t14-,15-/m1/s1. The van der Waals surface area contributed by atoms with Gasteiger partial charge in [0.25, 0.3) is 0 Å². The third kappa shape index (κ3) is 5.12. The number of nitrogens with zero attached hydrogens (tertiary/aromatic N) is 2.